The molecular formula is C21H17Cl2NO2. The van der Waals surface area contributed by atoms with Crippen LogP contribution in [-0.2, 0) is 11.3 Å². The van der Waals surface area contributed by atoms with Crippen LogP contribution in [0.25, 0.3) is 11.1 Å². The number of carbonyl (C=O) groups is 1. The molecule has 3 nitrogen and oxygen atoms in total. The van der Waals surface area contributed by atoms with Crippen molar-refractivity contribution in [2.24, 2.45) is 0 Å². The Morgan fingerprint density at radius 3 is 2.31 bits per heavy atom. The third-order valence-electron chi connectivity index (χ3n) is 3.83. The summed E-state index contributed by atoms with van der Waals surface area (Å²) in [5, 5.41) is 3.86. The second-order valence-corrected chi connectivity index (χ2v) is 6.48. The normalized spacial score (nSPS) is 10.4. The van der Waals surface area contributed by atoms with Crippen LogP contribution < -0.4 is 10.1 Å². The summed E-state index contributed by atoms with van der Waals surface area (Å²) in [6.07, 6.45) is 0. The average Bonchev–Trinajstić information content (AvgIpc) is 2.67. The maximum Gasteiger partial charge on any atom is 0.258 e. The van der Waals surface area contributed by atoms with Gasteiger partial charge in [-0.1, -0.05) is 77.8 Å². The standard InChI is InChI=1S/C21H17Cl2NO2/c22-18-9-5-4-8-17(18)13-24-21(25)14-26-20-11-10-16(12-19(20)23)15-6-2-1-3-7-15/h1-12H,13-14H2,(H,24,25). The minimum absolute atomic E-state index is 0.116. The molecule has 0 unspecified atom stereocenters. The van der Waals surface area contributed by atoms with Gasteiger partial charge in [0, 0.05) is 11.6 Å². The molecule has 5 heteroatoms. The number of hydrogen-bond donors (Lipinski definition) is 1. The number of nitrogens with one attached hydrogen (secondary N) is 1. The lowest BCUT2D eigenvalue weighted by atomic mass is 10.1. The lowest BCUT2D eigenvalue weighted by Gasteiger charge is -2.11. The van der Waals surface area contributed by atoms with Crippen LogP contribution in [-0.4, -0.2) is 12.5 Å². The van der Waals surface area contributed by atoms with Crippen LogP contribution in [0.5, 0.6) is 5.75 Å². The van der Waals surface area contributed by atoms with Gasteiger partial charge in [0.2, 0.25) is 0 Å². The summed E-state index contributed by atoms with van der Waals surface area (Å²) >= 11 is 12.3. The molecule has 3 aromatic carbocycles. The van der Waals surface area contributed by atoms with Gasteiger partial charge in [0.05, 0.1) is 5.02 Å². The van der Waals surface area contributed by atoms with Crippen molar-refractivity contribution in [2.45, 2.75) is 6.54 Å². The van der Waals surface area contributed by atoms with Gasteiger partial charge in [0.15, 0.2) is 6.61 Å². The van der Waals surface area contributed by atoms with Crippen molar-refractivity contribution in [1.82, 2.24) is 5.32 Å². The van der Waals surface area contributed by atoms with Crippen molar-refractivity contribution >= 4 is 29.1 Å². The predicted molar refractivity (Wildman–Crippen MR) is 106 cm³/mol. The zero-order valence-corrected chi connectivity index (χ0v) is 15.4. The van der Waals surface area contributed by atoms with E-state index in [1.54, 1.807) is 12.1 Å². The molecule has 3 aromatic rings. The van der Waals surface area contributed by atoms with E-state index < -0.39 is 0 Å². The summed E-state index contributed by atoms with van der Waals surface area (Å²) in [7, 11) is 0. The molecule has 0 aliphatic rings. The van der Waals surface area contributed by atoms with Crippen molar-refractivity contribution in [2.75, 3.05) is 6.61 Å². The van der Waals surface area contributed by atoms with Gasteiger partial charge in [-0.3, -0.25) is 4.79 Å². The molecule has 1 amide bonds. The van der Waals surface area contributed by atoms with Crippen LogP contribution in [0.15, 0.2) is 72.8 Å². The van der Waals surface area contributed by atoms with E-state index in [-0.39, 0.29) is 12.5 Å². The molecule has 0 bridgehead atoms. The Hall–Kier alpha value is -2.49. The summed E-state index contributed by atoms with van der Waals surface area (Å²) in [6.45, 7) is 0.234. The maximum absolute atomic E-state index is 12.0. The molecule has 0 radical (unpaired) electrons. The zero-order valence-electron chi connectivity index (χ0n) is 13.9. The third kappa shape index (κ3) is 4.78. The Labute approximate surface area is 162 Å². The van der Waals surface area contributed by atoms with Gasteiger partial charge in [-0.2, -0.15) is 0 Å². The van der Waals surface area contributed by atoms with Crippen LogP contribution in [0.3, 0.4) is 0 Å². The molecule has 0 saturated carbocycles. The Balaban J connectivity index is 1.56. The van der Waals surface area contributed by atoms with Gasteiger partial charge in [-0.15, -0.1) is 0 Å². The van der Waals surface area contributed by atoms with Crippen molar-refractivity contribution < 1.29 is 9.53 Å². The minimum Gasteiger partial charge on any atom is -0.482 e. The van der Waals surface area contributed by atoms with E-state index in [1.807, 2.05) is 60.7 Å². The summed E-state index contributed by atoms with van der Waals surface area (Å²) in [5.41, 5.74) is 2.91. The van der Waals surface area contributed by atoms with Crippen molar-refractivity contribution in [1.29, 1.82) is 0 Å². The smallest absolute Gasteiger partial charge is 0.258 e. The van der Waals surface area contributed by atoms with Gasteiger partial charge in [0.1, 0.15) is 5.75 Å². The number of hydrogen-bond acceptors (Lipinski definition) is 2. The molecular weight excluding hydrogens is 369 g/mol. The lowest BCUT2D eigenvalue weighted by molar-refractivity contribution is -0.123. The first-order chi connectivity index (χ1) is 12.6. The second kappa shape index (κ2) is 8.75. The van der Waals surface area contributed by atoms with Crippen molar-refractivity contribution in [3.63, 3.8) is 0 Å². The van der Waals surface area contributed by atoms with E-state index in [1.165, 1.54) is 0 Å². The summed E-state index contributed by atoms with van der Waals surface area (Å²) in [5.74, 6) is 0.229. The van der Waals surface area contributed by atoms with Gasteiger partial charge in [-0.05, 0) is 34.9 Å². The van der Waals surface area contributed by atoms with E-state index in [9.17, 15) is 4.79 Å². The quantitative estimate of drug-likeness (QED) is 0.620. The zero-order chi connectivity index (χ0) is 18.4. The summed E-state index contributed by atoms with van der Waals surface area (Å²) in [6, 6.07) is 22.8. The van der Waals surface area contributed by atoms with E-state index in [0.29, 0.717) is 22.3 Å². The number of rotatable bonds is 6. The summed E-state index contributed by atoms with van der Waals surface area (Å²) < 4.78 is 5.53. The summed E-state index contributed by atoms with van der Waals surface area (Å²) in [4.78, 5) is 12.0. The van der Waals surface area contributed by atoms with E-state index >= 15 is 0 Å². The number of ether oxygens (including phenoxy) is 1. The van der Waals surface area contributed by atoms with Crippen LogP contribution in [0.2, 0.25) is 10.0 Å². The molecule has 132 valence electrons. The van der Waals surface area contributed by atoms with Crippen molar-refractivity contribution in [3.05, 3.63) is 88.4 Å². The number of amides is 1. The van der Waals surface area contributed by atoms with Gasteiger partial charge in [-0.25, -0.2) is 0 Å². The fraction of sp³-hybridized carbons (Fsp3) is 0.0952. The second-order valence-electron chi connectivity index (χ2n) is 5.67. The molecule has 3 rings (SSSR count). The van der Waals surface area contributed by atoms with Gasteiger partial charge < -0.3 is 10.1 Å². The molecule has 0 heterocycles. The molecule has 26 heavy (non-hydrogen) atoms. The number of halogens is 2. The van der Waals surface area contributed by atoms with Crippen LogP contribution >= 0.6 is 23.2 Å². The fourth-order valence-corrected chi connectivity index (χ4v) is 2.90. The highest BCUT2D eigenvalue weighted by atomic mass is 35.5. The van der Waals surface area contributed by atoms with E-state index in [2.05, 4.69) is 5.32 Å². The molecule has 0 aromatic heterocycles. The number of carbonyl (C=O) groups excluding carboxylic acids is 1. The van der Waals surface area contributed by atoms with E-state index in [0.717, 1.165) is 16.7 Å². The third-order valence-corrected chi connectivity index (χ3v) is 4.50. The largest absolute Gasteiger partial charge is 0.482 e. The molecule has 0 saturated heterocycles. The van der Waals surface area contributed by atoms with E-state index in [4.69, 9.17) is 27.9 Å². The topological polar surface area (TPSA) is 38.3 Å². The first-order valence-corrected chi connectivity index (χ1v) is 8.87. The Morgan fingerprint density at radius 2 is 1.58 bits per heavy atom. The fourth-order valence-electron chi connectivity index (χ4n) is 2.46. The van der Waals surface area contributed by atoms with Crippen LogP contribution in [0.4, 0.5) is 0 Å². The molecule has 1 N–H and O–H groups in total. The molecule has 0 fully saturated rings. The number of benzene rings is 3. The molecule has 0 spiro atoms. The molecule has 0 aliphatic heterocycles. The Kier molecular flexibility index (Phi) is 6.16. The average molecular weight is 386 g/mol. The van der Waals surface area contributed by atoms with Gasteiger partial charge >= 0.3 is 0 Å². The minimum atomic E-state index is -0.242. The lowest BCUT2D eigenvalue weighted by Crippen LogP contribution is -2.28. The first kappa shape index (κ1) is 18.3. The highest BCUT2D eigenvalue weighted by molar-refractivity contribution is 6.32. The Bertz CT molecular complexity index is 898. The molecule has 0 aliphatic carbocycles. The first-order valence-electron chi connectivity index (χ1n) is 8.11. The highest BCUT2D eigenvalue weighted by Gasteiger charge is 2.08. The Morgan fingerprint density at radius 1 is 0.846 bits per heavy atom. The molecule has 0 atom stereocenters. The van der Waals surface area contributed by atoms with Crippen molar-refractivity contribution in [3.8, 4) is 16.9 Å². The predicted octanol–water partition coefficient (Wildman–Crippen LogP) is 5.36. The highest BCUT2D eigenvalue weighted by Crippen LogP contribution is 2.30. The SMILES string of the molecule is O=C(COc1ccc(-c2ccccc2)cc1Cl)NCc1ccccc1Cl. The van der Waals surface area contributed by atoms with Crippen LogP contribution in [0.1, 0.15) is 5.56 Å². The monoisotopic (exact) mass is 385 g/mol. The maximum atomic E-state index is 12.0. The van der Waals surface area contributed by atoms with Crippen LogP contribution in [0, 0.1) is 0 Å². The van der Waals surface area contributed by atoms with Gasteiger partial charge in [0.25, 0.3) is 5.91 Å².